The van der Waals surface area contributed by atoms with E-state index in [0.29, 0.717) is 13.2 Å². The molecular weight excluding hydrogens is 340 g/mol. The van der Waals surface area contributed by atoms with Gasteiger partial charge in [0.05, 0.1) is 6.61 Å². The Morgan fingerprint density at radius 2 is 1.62 bits per heavy atom. The summed E-state index contributed by atoms with van der Waals surface area (Å²) in [5.74, 6) is -2.87. The van der Waals surface area contributed by atoms with Gasteiger partial charge in [-0.1, -0.05) is 6.92 Å². The van der Waals surface area contributed by atoms with E-state index in [2.05, 4.69) is 6.92 Å². The van der Waals surface area contributed by atoms with Gasteiger partial charge < -0.3 is 33.2 Å². The molecule has 0 saturated carbocycles. The maximum atomic E-state index is 6.43. The summed E-state index contributed by atoms with van der Waals surface area (Å²) in [5.41, 5.74) is 1.01. The highest BCUT2D eigenvalue weighted by atomic mass is 16.8. The molecule has 0 unspecified atom stereocenters. The van der Waals surface area contributed by atoms with Gasteiger partial charge in [-0.2, -0.15) is 0 Å². The number of hydrogen-bond acceptors (Lipinski definition) is 7. The van der Waals surface area contributed by atoms with Crippen LogP contribution in [0.4, 0.5) is 0 Å². The summed E-state index contributed by atoms with van der Waals surface area (Å²) in [6.07, 6.45) is 1.63. The number of fused-ring (bicyclic) bond motifs is 3. The van der Waals surface area contributed by atoms with Crippen LogP contribution in [0.5, 0.6) is 0 Å². The molecular formula is C19H32O7. The van der Waals surface area contributed by atoms with Crippen LogP contribution in [0.15, 0.2) is 11.6 Å². The number of methoxy groups -OCH3 is 2. The minimum absolute atomic E-state index is 0.268. The van der Waals surface area contributed by atoms with Gasteiger partial charge in [0.1, 0.15) is 24.4 Å². The van der Waals surface area contributed by atoms with Crippen LogP contribution in [-0.4, -0.2) is 69.2 Å². The van der Waals surface area contributed by atoms with Crippen molar-refractivity contribution in [2.45, 2.75) is 82.8 Å². The van der Waals surface area contributed by atoms with Gasteiger partial charge in [-0.3, -0.25) is 0 Å². The van der Waals surface area contributed by atoms with Crippen LogP contribution in [0.2, 0.25) is 0 Å². The van der Waals surface area contributed by atoms with Crippen molar-refractivity contribution in [2.75, 3.05) is 27.4 Å². The molecule has 0 aromatic rings. The van der Waals surface area contributed by atoms with Crippen LogP contribution in [0, 0.1) is 0 Å². The molecule has 0 radical (unpaired) electrons. The van der Waals surface area contributed by atoms with Crippen molar-refractivity contribution in [3.05, 3.63) is 11.6 Å². The molecule has 0 aromatic heterocycles. The monoisotopic (exact) mass is 372 g/mol. The Hall–Kier alpha value is -0.540. The average Bonchev–Trinajstić information content (AvgIpc) is 2.61. The molecule has 2 aliphatic heterocycles. The average molecular weight is 372 g/mol. The molecule has 0 bridgehead atoms. The lowest BCUT2D eigenvalue weighted by Crippen LogP contribution is -2.71. The van der Waals surface area contributed by atoms with E-state index < -0.39 is 23.5 Å². The lowest BCUT2D eigenvalue weighted by molar-refractivity contribution is -0.465. The van der Waals surface area contributed by atoms with Gasteiger partial charge in [0.2, 0.25) is 11.6 Å². The van der Waals surface area contributed by atoms with Crippen molar-refractivity contribution in [1.82, 2.24) is 0 Å². The Morgan fingerprint density at radius 3 is 2.19 bits per heavy atom. The van der Waals surface area contributed by atoms with E-state index in [4.69, 9.17) is 33.2 Å². The molecule has 2 heterocycles. The predicted molar refractivity (Wildman–Crippen MR) is 93.6 cm³/mol. The Bertz CT molecular complexity index is 548. The molecule has 3 rings (SSSR count). The first-order chi connectivity index (χ1) is 12.2. The van der Waals surface area contributed by atoms with Crippen molar-refractivity contribution in [2.24, 2.45) is 0 Å². The van der Waals surface area contributed by atoms with Gasteiger partial charge in [-0.15, -0.1) is 0 Å². The zero-order valence-corrected chi connectivity index (χ0v) is 16.9. The predicted octanol–water partition coefficient (Wildman–Crippen LogP) is 2.38. The SMILES string of the molecule is CCCO[C@H]1C=C2COC(C)(C)O[C@H]2[C@@H]2O[C@@](C)(OC)[C@](C)(OC)O[C@H]21. The minimum Gasteiger partial charge on any atom is -0.371 e. The molecule has 0 N–H and O–H groups in total. The first-order valence-corrected chi connectivity index (χ1v) is 9.28. The standard InChI is InChI=1S/C19H32O7/c1-8-9-22-13-10-12-11-23-17(2,3)24-14(12)16-15(13)25-18(4,20-6)19(5,21-7)26-16/h10,13-16H,8-9,11H2,1-7H3/t13-,14+,15-,16-,18+,19+/m0/s1. The molecule has 2 saturated heterocycles. The summed E-state index contributed by atoms with van der Waals surface area (Å²) in [5, 5.41) is 0. The van der Waals surface area contributed by atoms with E-state index in [1.807, 2.05) is 33.8 Å². The third kappa shape index (κ3) is 3.35. The van der Waals surface area contributed by atoms with Crippen molar-refractivity contribution in [3.63, 3.8) is 0 Å². The van der Waals surface area contributed by atoms with Gasteiger partial charge in [0.15, 0.2) is 5.79 Å². The van der Waals surface area contributed by atoms with Crippen molar-refractivity contribution >= 4 is 0 Å². The van der Waals surface area contributed by atoms with E-state index in [0.717, 1.165) is 12.0 Å². The van der Waals surface area contributed by atoms with Gasteiger partial charge >= 0.3 is 0 Å². The molecule has 0 amide bonds. The molecule has 150 valence electrons. The quantitative estimate of drug-likeness (QED) is 0.687. The number of rotatable bonds is 5. The second kappa shape index (κ2) is 7.13. The maximum Gasteiger partial charge on any atom is 0.220 e. The highest BCUT2D eigenvalue weighted by Crippen LogP contribution is 2.46. The summed E-state index contributed by atoms with van der Waals surface area (Å²) in [6, 6.07) is 0. The molecule has 7 nitrogen and oxygen atoms in total. The van der Waals surface area contributed by atoms with E-state index in [-0.39, 0.29) is 18.3 Å². The normalized spacial score (nSPS) is 44.8. The van der Waals surface area contributed by atoms with E-state index in [1.165, 1.54) is 0 Å². The molecule has 0 spiro atoms. The topological polar surface area (TPSA) is 64.6 Å². The Balaban J connectivity index is 1.97. The molecule has 6 atom stereocenters. The summed E-state index contributed by atoms with van der Waals surface area (Å²) < 4.78 is 42.2. The molecule has 0 aromatic carbocycles. The largest absolute Gasteiger partial charge is 0.371 e. The number of hydrogen-bond donors (Lipinski definition) is 0. The third-order valence-corrected chi connectivity index (χ3v) is 5.53. The fourth-order valence-corrected chi connectivity index (χ4v) is 3.70. The highest BCUT2D eigenvalue weighted by Gasteiger charge is 2.62. The zero-order valence-electron chi connectivity index (χ0n) is 16.9. The van der Waals surface area contributed by atoms with Crippen LogP contribution in [0.3, 0.4) is 0 Å². The smallest absolute Gasteiger partial charge is 0.220 e. The number of ether oxygens (including phenoxy) is 7. The third-order valence-electron chi connectivity index (χ3n) is 5.53. The first kappa shape index (κ1) is 20.2. The molecule has 7 heteroatoms. The molecule has 26 heavy (non-hydrogen) atoms. The van der Waals surface area contributed by atoms with Crippen molar-refractivity contribution < 1.29 is 33.2 Å². The van der Waals surface area contributed by atoms with E-state index in [1.54, 1.807) is 14.2 Å². The van der Waals surface area contributed by atoms with Crippen LogP contribution < -0.4 is 0 Å². The summed E-state index contributed by atoms with van der Waals surface area (Å²) >= 11 is 0. The summed E-state index contributed by atoms with van der Waals surface area (Å²) in [4.78, 5) is 0. The van der Waals surface area contributed by atoms with E-state index in [9.17, 15) is 0 Å². The van der Waals surface area contributed by atoms with Gasteiger partial charge in [0, 0.05) is 20.8 Å². The lowest BCUT2D eigenvalue weighted by Gasteiger charge is -2.57. The fraction of sp³-hybridized carbons (Fsp3) is 0.895. The van der Waals surface area contributed by atoms with Crippen LogP contribution in [-0.2, 0) is 33.2 Å². The zero-order chi connectivity index (χ0) is 19.2. The van der Waals surface area contributed by atoms with Gasteiger partial charge in [0.25, 0.3) is 0 Å². The van der Waals surface area contributed by atoms with Crippen LogP contribution in [0.25, 0.3) is 0 Å². The van der Waals surface area contributed by atoms with Crippen LogP contribution in [0.1, 0.15) is 41.0 Å². The van der Waals surface area contributed by atoms with Crippen molar-refractivity contribution in [3.8, 4) is 0 Å². The van der Waals surface area contributed by atoms with Crippen molar-refractivity contribution in [1.29, 1.82) is 0 Å². The first-order valence-electron chi connectivity index (χ1n) is 9.28. The summed E-state index contributed by atoms with van der Waals surface area (Å²) in [7, 11) is 3.17. The Labute approximate surface area is 155 Å². The van der Waals surface area contributed by atoms with Gasteiger partial charge in [-0.25, -0.2) is 0 Å². The maximum absolute atomic E-state index is 6.43. The minimum atomic E-state index is -1.09. The second-order valence-corrected chi connectivity index (χ2v) is 7.77. The van der Waals surface area contributed by atoms with Gasteiger partial charge in [-0.05, 0) is 45.8 Å². The molecule has 1 aliphatic carbocycles. The second-order valence-electron chi connectivity index (χ2n) is 7.77. The summed E-state index contributed by atoms with van der Waals surface area (Å²) in [6.45, 7) is 10.6. The highest BCUT2D eigenvalue weighted by molar-refractivity contribution is 5.24. The lowest BCUT2D eigenvalue weighted by atomic mass is 9.86. The fourth-order valence-electron chi connectivity index (χ4n) is 3.70. The Kier molecular flexibility index (Phi) is 5.54. The van der Waals surface area contributed by atoms with Crippen LogP contribution >= 0.6 is 0 Å². The van der Waals surface area contributed by atoms with E-state index >= 15 is 0 Å². The molecule has 2 fully saturated rings. The Morgan fingerprint density at radius 1 is 1.00 bits per heavy atom. The molecule has 3 aliphatic rings.